The summed E-state index contributed by atoms with van der Waals surface area (Å²) >= 11 is 0. The molecule has 1 aromatic carbocycles. The minimum atomic E-state index is -0.584. The van der Waals surface area contributed by atoms with Crippen LogP contribution in [0.25, 0.3) is 11.0 Å². The number of hydrogen-bond donors (Lipinski definition) is 2. The van der Waals surface area contributed by atoms with Crippen LogP contribution in [0.2, 0.25) is 0 Å². The Kier molecular flexibility index (Phi) is 9.57. The van der Waals surface area contributed by atoms with Gasteiger partial charge in [-0.05, 0) is 37.6 Å². The summed E-state index contributed by atoms with van der Waals surface area (Å²) in [6.45, 7) is 3.43. The molecule has 35 heavy (non-hydrogen) atoms. The number of anilines is 2. The van der Waals surface area contributed by atoms with Crippen molar-refractivity contribution in [3.63, 3.8) is 0 Å². The number of methoxy groups -OCH3 is 2. The van der Waals surface area contributed by atoms with Gasteiger partial charge in [-0.1, -0.05) is 19.8 Å². The zero-order valence-corrected chi connectivity index (χ0v) is 20.8. The zero-order chi connectivity index (χ0) is 25.2. The minimum Gasteiger partial charge on any atom is -0.497 e. The number of nitrogens with one attached hydrogen (secondary N) is 2. The molecule has 8 nitrogen and oxygen atoms in total. The van der Waals surface area contributed by atoms with Gasteiger partial charge in [0.15, 0.2) is 5.82 Å². The number of halogens is 1. The predicted octanol–water partition coefficient (Wildman–Crippen LogP) is 5.19. The number of Topliss-reactive ketones (excluding diaryl/α,β-unsaturated/α-hetero) is 1. The SMILES string of the molecule is CCCC[C@@H](Nc1nc(NCc2ccc(OC)cc2OC)nc2cccnc12)C(CF)CC(C)=O. The van der Waals surface area contributed by atoms with Crippen molar-refractivity contribution in [3.05, 3.63) is 42.1 Å². The van der Waals surface area contributed by atoms with Crippen molar-refractivity contribution < 1.29 is 18.7 Å². The Morgan fingerprint density at radius 2 is 2.00 bits per heavy atom. The van der Waals surface area contributed by atoms with Gasteiger partial charge in [0, 0.05) is 42.8 Å². The molecule has 0 aliphatic rings. The average molecular weight is 484 g/mol. The summed E-state index contributed by atoms with van der Waals surface area (Å²) in [4.78, 5) is 25.5. The van der Waals surface area contributed by atoms with Gasteiger partial charge in [-0.25, -0.2) is 4.98 Å². The predicted molar refractivity (Wildman–Crippen MR) is 136 cm³/mol. The Hall–Kier alpha value is -3.49. The molecule has 0 aliphatic heterocycles. The number of ketones is 1. The molecule has 0 saturated heterocycles. The number of fused-ring (bicyclic) bond motifs is 1. The number of unbranched alkanes of at least 4 members (excludes halogenated alkanes) is 1. The second-order valence-electron chi connectivity index (χ2n) is 8.51. The minimum absolute atomic E-state index is 0.0302. The van der Waals surface area contributed by atoms with Gasteiger partial charge in [-0.2, -0.15) is 4.98 Å². The lowest BCUT2D eigenvalue weighted by atomic mass is 9.91. The van der Waals surface area contributed by atoms with Crippen molar-refractivity contribution in [1.29, 1.82) is 0 Å². The summed E-state index contributed by atoms with van der Waals surface area (Å²) in [7, 11) is 3.22. The molecule has 0 spiro atoms. The lowest BCUT2D eigenvalue weighted by molar-refractivity contribution is -0.118. The van der Waals surface area contributed by atoms with Crippen LogP contribution in [0.3, 0.4) is 0 Å². The molecule has 2 heterocycles. The molecular weight excluding hydrogens is 449 g/mol. The molecule has 0 saturated carbocycles. The fourth-order valence-electron chi connectivity index (χ4n) is 4.02. The van der Waals surface area contributed by atoms with Crippen LogP contribution in [0.1, 0.15) is 45.1 Å². The Bertz CT molecular complexity index is 1130. The molecule has 0 fully saturated rings. The molecule has 188 valence electrons. The largest absolute Gasteiger partial charge is 0.497 e. The van der Waals surface area contributed by atoms with Crippen LogP contribution in [-0.2, 0) is 11.3 Å². The van der Waals surface area contributed by atoms with Crippen LogP contribution in [0, 0.1) is 5.92 Å². The number of benzene rings is 1. The third kappa shape index (κ3) is 7.00. The van der Waals surface area contributed by atoms with Crippen LogP contribution in [0.15, 0.2) is 36.5 Å². The number of aromatic nitrogens is 3. The molecular formula is C26H34FN5O3. The van der Waals surface area contributed by atoms with E-state index in [1.807, 2.05) is 30.3 Å². The number of carbonyl (C=O) groups is 1. The maximum absolute atomic E-state index is 14.0. The Labute approximate surface area is 205 Å². The summed E-state index contributed by atoms with van der Waals surface area (Å²) in [5, 5.41) is 6.66. The molecule has 0 aliphatic carbocycles. The van der Waals surface area contributed by atoms with E-state index >= 15 is 0 Å². The summed E-state index contributed by atoms with van der Waals surface area (Å²) in [5.74, 6) is 1.85. The molecule has 0 bridgehead atoms. The number of ether oxygens (including phenoxy) is 2. The van der Waals surface area contributed by atoms with Crippen molar-refractivity contribution >= 4 is 28.6 Å². The van der Waals surface area contributed by atoms with Gasteiger partial charge < -0.3 is 24.9 Å². The zero-order valence-electron chi connectivity index (χ0n) is 20.8. The number of alkyl halides is 1. The number of hydrogen-bond acceptors (Lipinski definition) is 8. The molecule has 3 aromatic rings. The van der Waals surface area contributed by atoms with E-state index < -0.39 is 12.6 Å². The monoisotopic (exact) mass is 483 g/mol. The molecule has 1 unspecified atom stereocenters. The van der Waals surface area contributed by atoms with Crippen LogP contribution >= 0.6 is 0 Å². The first-order valence-corrected chi connectivity index (χ1v) is 11.9. The van der Waals surface area contributed by atoms with Gasteiger partial charge in [-0.3, -0.25) is 9.37 Å². The van der Waals surface area contributed by atoms with Crippen molar-refractivity contribution in [3.8, 4) is 11.5 Å². The number of nitrogens with zero attached hydrogens (tertiary/aromatic N) is 3. The first-order valence-electron chi connectivity index (χ1n) is 11.9. The first kappa shape index (κ1) is 26.1. The third-order valence-corrected chi connectivity index (χ3v) is 5.89. The van der Waals surface area contributed by atoms with Crippen molar-refractivity contribution in [2.24, 2.45) is 5.92 Å². The quantitative estimate of drug-likeness (QED) is 0.323. The van der Waals surface area contributed by atoms with Crippen molar-refractivity contribution in [2.45, 2.75) is 52.1 Å². The van der Waals surface area contributed by atoms with Gasteiger partial charge in [0.2, 0.25) is 5.95 Å². The normalized spacial score (nSPS) is 12.7. The van der Waals surface area contributed by atoms with Gasteiger partial charge in [-0.15, -0.1) is 0 Å². The fourth-order valence-corrected chi connectivity index (χ4v) is 4.02. The van der Waals surface area contributed by atoms with Crippen LogP contribution < -0.4 is 20.1 Å². The smallest absolute Gasteiger partial charge is 0.225 e. The second-order valence-corrected chi connectivity index (χ2v) is 8.51. The molecule has 9 heteroatoms. The number of rotatable bonds is 14. The average Bonchev–Trinajstić information content (AvgIpc) is 2.88. The van der Waals surface area contributed by atoms with Gasteiger partial charge in [0.25, 0.3) is 0 Å². The fraction of sp³-hybridized carbons (Fsp3) is 0.462. The van der Waals surface area contributed by atoms with Crippen LogP contribution in [-0.4, -0.2) is 47.7 Å². The standard InChI is InChI=1S/C26H34FN5O3/c1-5-6-8-21(19(15-27)13-17(2)33)30-25-24-22(9-7-12-28-24)31-26(32-25)29-16-18-10-11-20(34-3)14-23(18)35-4/h7,9-12,14,19,21H,5-6,8,13,15-16H2,1-4H3,(H2,29,30,31,32)/t19?,21-/m1/s1. The van der Waals surface area contributed by atoms with E-state index in [-0.39, 0.29) is 18.2 Å². The third-order valence-electron chi connectivity index (χ3n) is 5.89. The van der Waals surface area contributed by atoms with Gasteiger partial charge in [0.1, 0.15) is 22.8 Å². The summed E-state index contributed by atoms with van der Waals surface area (Å²) in [6.07, 6.45) is 4.45. The summed E-state index contributed by atoms with van der Waals surface area (Å²) < 4.78 is 24.7. The van der Waals surface area contributed by atoms with E-state index in [4.69, 9.17) is 9.47 Å². The van der Waals surface area contributed by atoms with Crippen molar-refractivity contribution in [1.82, 2.24) is 15.0 Å². The van der Waals surface area contributed by atoms with E-state index in [2.05, 4.69) is 32.5 Å². The molecule has 0 radical (unpaired) electrons. The molecule has 3 rings (SSSR count). The maximum atomic E-state index is 14.0. The molecule has 2 N–H and O–H groups in total. The number of pyridine rings is 1. The highest BCUT2D eigenvalue weighted by atomic mass is 19.1. The van der Waals surface area contributed by atoms with Crippen molar-refractivity contribution in [2.75, 3.05) is 31.5 Å². The van der Waals surface area contributed by atoms with E-state index in [1.54, 1.807) is 20.4 Å². The second kappa shape index (κ2) is 12.8. The highest BCUT2D eigenvalue weighted by Crippen LogP contribution is 2.27. The van der Waals surface area contributed by atoms with Gasteiger partial charge >= 0.3 is 0 Å². The van der Waals surface area contributed by atoms with E-state index in [0.29, 0.717) is 40.8 Å². The van der Waals surface area contributed by atoms with Crippen LogP contribution in [0.4, 0.5) is 16.2 Å². The summed E-state index contributed by atoms with van der Waals surface area (Å²) in [5.41, 5.74) is 2.17. The first-order chi connectivity index (χ1) is 17.0. The lowest BCUT2D eigenvalue weighted by Crippen LogP contribution is -2.32. The van der Waals surface area contributed by atoms with E-state index in [0.717, 1.165) is 24.8 Å². The Morgan fingerprint density at radius 1 is 1.17 bits per heavy atom. The van der Waals surface area contributed by atoms with Gasteiger partial charge in [0.05, 0.1) is 26.4 Å². The Balaban J connectivity index is 1.90. The molecule has 2 aromatic heterocycles. The Morgan fingerprint density at radius 3 is 2.69 bits per heavy atom. The number of carbonyl (C=O) groups excluding carboxylic acids is 1. The topological polar surface area (TPSA) is 98.3 Å². The molecule has 0 amide bonds. The van der Waals surface area contributed by atoms with Crippen LogP contribution in [0.5, 0.6) is 11.5 Å². The highest BCUT2D eigenvalue weighted by Gasteiger charge is 2.24. The summed E-state index contributed by atoms with van der Waals surface area (Å²) in [6, 6.07) is 9.02. The van der Waals surface area contributed by atoms with E-state index in [1.165, 1.54) is 6.92 Å². The molecule has 2 atom stereocenters. The maximum Gasteiger partial charge on any atom is 0.225 e. The highest BCUT2D eigenvalue weighted by molar-refractivity contribution is 5.86. The van der Waals surface area contributed by atoms with E-state index in [9.17, 15) is 9.18 Å². The lowest BCUT2D eigenvalue weighted by Gasteiger charge is -2.26.